The van der Waals surface area contributed by atoms with E-state index in [1.165, 1.54) is 4.57 Å². The summed E-state index contributed by atoms with van der Waals surface area (Å²) < 4.78 is 1.26. The molecule has 0 aliphatic carbocycles. The molecule has 0 amide bonds. The van der Waals surface area contributed by atoms with Crippen molar-refractivity contribution >= 4 is 17.1 Å². The molecule has 2 rings (SSSR count). The highest BCUT2D eigenvalue weighted by Gasteiger charge is 2.14. The van der Waals surface area contributed by atoms with Crippen LogP contribution in [0.15, 0.2) is 9.59 Å². The molecule has 0 saturated carbocycles. The Morgan fingerprint density at radius 3 is 2.58 bits per heavy atom. The van der Waals surface area contributed by atoms with Crippen LogP contribution in [0.5, 0.6) is 0 Å². The fourth-order valence-corrected chi connectivity index (χ4v) is 1.82. The minimum Gasteiger partial charge on any atom is -0.396 e. The largest absolute Gasteiger partial charge is 0.396 e. The fraction of sp³-hybridized carbons (Fsp3) is 0.500. The SMILES string of the molecule is Nc1nc2c([nH]c(=O)n2CCC(CO)CO)c(=O)[nH]1. The van der Waals surface area contributed by atoms with Gasteiger partial charge in [0.1, 0.15) is 0 Å². The first kappa shape index (κ1) is 13.3. The number of nitrogens with two attached hydrogens (primary N) is 1. The smallest absolute Gasteiger partial charge is 0.327 e. The van der Waals surface area contributed by atoms with Gasteiger partial charge in [-0.1, -0.05) is 0 Å². The molecule has 0 aliphatic heterocycles. The number of aliphatic hydroxyl groups excluding tert-OH is 2. The number of hydrogen-bond donors (Lipinski definition) is 5. The number of nitrogens with zero attached hydrogens (tertiary/aromatic N) is 2. The first-order valence-corrected chi connectivity index (χ1v) is 5.76. The van der Waals surface area contributed by atoms with Crippen molar-refractivity contribution in [1.82, 2.24) is 19.5 Å². The molecule has 6 N–H and O–H groups in total. The number of anilines is 1. The zero-order valence-corrected chi connectivity index (χ0v) is 10.1. The molecule has 2 aromatic rings. The quantitative estimate of drug-likeness (QED) is 0.423. The van der Waals surface area contributed by atoms with E-state index in [0.717, 1.165) is 0 Å². The van der Waals surface area contributed by atoms with E-state index in [9.17, 15) is 9.59 Å². The van der Waals surface area contributed by atoms with Crippen molar-refractivity contribution in [2.75, 3.05) is 18.9 Å². The predicted octanol–water partition coefficient (Wildman–Crippen LogP) is -2.01. The summed E-state index contributed by atoms with van der Waals surface area (Å²) in [5, 5.41) is 18.0. The van der Waals surface area contributed by atoms with Gasteiger partial charge in [0, 0.05) is 25.7 Å². The van der Waals surface area contributed by atoms with Crippen LogP contribution in [0.3, 0.4) is 0 Å². The second-order valence-electron chi connectivity index (χ2n) is 4.25. The fourth-order valence-electron chi connectivity index (χ4n) is 1.82. The van der Waals surface area contributed by atoms with E-state index in [2.05, 4.69) is 15.0 Å². The summed E-state index contributed by atoms with van der Waals surface area (Å²) in [5.74, 6) is -0.401. The van der Waals surface area contributed by atoms with Gasteiger partial charge >= 0.3 is 5.69 Å². The van der Waals surface area contributed by atoms with Gasteiger partial charge in [0.05, 0.1) is 0 Å². The van der Waals surface area contributed by atoms with E-state index in [-0.39, 0.29) is 42.8 Å². The van der Waals surface area contributed by atoms with E-state index in [1.54, 1.807) is 0 Å². The van der Waals surface area contributed by atoms with Crippen molar-refractivity contribution in [3.63, 3.8) is 0 Å². The van der Waals surface area contributed by atoms with E-state index >= 15 is 0 Å². The van der Waals surface area contributed by atoms with Crippen molar-refractivity contribution in [1.29, 1.82) is 0 Å². The maximum absolute atomic E-state index is 11.7. The van der Waals surface area contributed by atoms with Crippen LogP contribution in [-0.4, -0.2) is 42.9 Å². The van der Waals surface area contributed by atoms with Gasteiger partial charge < -0.3 is 15.9 Å². The van der Waals surface area contributed by atoms with Gasteiger partial charge in [-0.15, -0.1) is 0 Å². The van der Waals surface area contributed by atoms with Crippen LogP contribution in [0.2, 0.25) is 0 Å². The Morgan fingerprint density at radius 1 is 1.26 bits per heavy atom. The predicted molar refractivity (Wildman–Crippen MR) is 67.7 cm³/mol. The maximum Gasteiger partial charge on any atom is 0.327 e. The Labute approximate surface area is 106 Å². The van der Waals surface area contributed by atoms with Gasteiger partial charge in [0.2, 0.25) is 5.95 Å². The Morgan fingerprint density at radius 2 is 1.95 bits per heavy atom. The van der Waals surface area contributed by atoms with Crippen LogP contribution in [0.25, 0.3) is 11.2 Å². The maximum atomic E-state index is 11.7. The lowest BCUT2D eigenvalue weighted by molar-refractivity contribution is 0.140. The lowest BCUT2D eigenvalue weighted by Gasteiger charge is -2.10. The third-order valence-electron chi connectivity index (χ3n) is 2.93. The Kier molecular flexibility index (Phi) is 3.67. The highest BCUT2D eigenvalue weighted by atomic mass is 16.3. The molecule has 0 spiro atoms. The molecule has 9 nitrogen and oxygen atoms in total. The minimum absolute atomic E-state index is 0.0590. The number of rotatable bonds is 5. The molecule has 9 heteroatoms. The monoisotopic (exact) mass is 269 g/mol. The normalized spacial score (nSPS) is 11.5. The van der Waals surface area contributed by atoms with Crippen molar-refractivity contribution in [3.8, 4) is 0 Å². The molecule has 2 aromatic heterocycles. The topological polar surface area (TPSA) is 150 Å². The number of aromatic nitrogens is 4. The number of aryl methyl sites for hydroxylation is 1. The number of imidazole rings is 1. The number of aromatic amines is 2. The van der Waals surface area contributed by atoms with Crippen LogP contribution >= 0.6 is 0 Å². The lowest BCUT2D eigenvalue weighted by atomic mass is 10.1. The molecular weight excluding hydrogens is 254 g/mol. The first-order valence-electron chi connectivity index (χ1n) is 5.76. The summed E-state index contributed by atoms with van der Waals surface area (Å²) in [6.45, 7) is -0.131. The molecule has 0 fully saturated rings. The molecule has 0 unspecified atom stereocenters. The molecule has 0 aromatic carbocycles. The summed E-state index contributed by atoms with van der Waals surface area (Å²) in [6, 6.07) is 0. The third kappa shape index (κ3) is 2.51. The van der Waals surface area contributed by atoms with Crippen molar-refractivity contribution < 1.29 is 10.2 Å². The lowest BCUT2D eigenvalue weighted by Crippen LogP contribution is -2.21. The van der Waals surface area contributed by atoms with Gasteiger partial charge in [0.25, 0.3) is 5.56 Å². The molecule has 0 saturated heterocycles. The Bertz CT molecular complexity index is 681. The van der Waals surface area contributed by atoms with Crippen LogP contribution in [-0.2, 0) is 6.54 Å². The van der Waals surface area contributed by atoms with Crippen molar-refractivity contribution in [2.45, 2.75) is 13.0 Å². The summed E-state index contributed by atoms with van der Waals surface area (Å²) in [4.78, 5) is 31.9. The molecule has 2 heterocycles. The van der Waals surface area contributed by atoms with Gasteiger partial charge in [-0.2, -0.15) is 4.98 Å². The van der Waals surface area contributed by atoms with Crippen LogP contribution in [0, 0.1) is 5.92 Å². The zero-order valence-electron chi connectivity index (χ0n) is 10.1. The summed E-state index contributed by atoms with van der Waals surface area (Å²) in [6.07, 6.45) is 0.383. The second kappa shape index (κ2) is 5.24. The summed E-state index contributed by atoms with van der Waals surface area (Å²) in [7, 11) is 0. The number of aliphatic hydroxyl groups is 2. The van der Waals surface area contributed by atoms with Crippen molar-refractivity contribution in [2.24, 2.45) is 5.92 Å². The molecule has 0 radical (unpaired) electrons. The molecule has 104 valence electrons. The van der Waals surface area contributed by atoms with Crippen LogP contribution < -0.4 is 17.0 Å². The molecule has 0 aliphatic rings. The first-order chi connectivity index (χ1) is 9.06. The average molecular weight is 269 g/mol. The number of H-pyrrole nitrogens is 2. The molecule has 0 bridgehead atoms. The summed E-state index contributed by atoms with van der Waals surface area (Å²) in [5.41, 5.74) is 4.67. The zero-order chi connectivity index (χ0) is 14.0. The minimum atomic E-state index is -0.515. The number of hydrogen-bond acceptors (Lipinski definition) is 6. The van der Waals surface area contributed by atoms with E-state index in [4.69, 9.17) is 15.9 Å². The van der Waals surface area contributed by atoms with E-state index in [0.29, 0.717) is 6.42 Å². The average Bonchev–Trinajstić information content (AvgIpc) is 2.68. The van der Waals surface area contributed by atoms with Crippen molar-refractivity contribution in [3.05, 3.63) is 20.8 Å². The van der Waals surface area contributed by atoms with Crippen LogP contribution in [0.4, 0.5) is 5.95 Å². The highest BCUT2D eigenvalue weighted by molar-refractivity contribution is 5.70. The van der Waals surface area contributed by atoms with E-state index in [1.807, 2.05) is 0 Å². The van der Waals surface area contributed by atoms with Gasteiger partial charge in [0.15, 0.2) is 11.2 Å². The second-order valence-corrected chi connectivity index (χ2v) is 4.25. The Balaban J connectivity index is 2.40. The molecule has 19 heavy (non-hydrogen) atoms. The van der Waals surface area contributed by atoms with Gasteiger partial charge in [-0.3, -0.25) is 19.3 Å². The van der Waals surface area contributed by atoms with Crippen LogP contribution in [0.1, 0.15) is 6.42 Å². The van der Waals surface area contributed by atoms with Gasteiger partial charge in [-0.05, 0) is 6.42 Å². The number of fused-ring (bicyclic) bond motifs is 1. The standard InChI is InChI=1S/C10H15N5O4/c11-9-13-7-6(8(18)14-9)12-10(19)15(7)2-1-5(3-16)4-17/h5,16-17H,1-4H2,(H,12,19)(H3,11,13,14,18). The number of nitrogens with one attached hydrogen (secondary N) is 2. The number of nitrogen functional groups attached to an aromatic ring is 1. The molecular formula is C10H15N5O4. The van der Waals surface area contributed by atoms with E-state index < -0.39 is 11.2 Å². The Hall–Kier alpha value is -2.13. The molecule has 0 atom stereocenters. The summed E-state index contributed by atoms with van der Waals surface area (Å²) >= 11 is 0. The third-order valence-corrected chi connectivity index (χ3v) is 2.93. The highest BCUT2D eigenvalue weighted by Crippen LogP contribution is 2.07. The van der Waals surface area contributed by atoms with Gasteiger partial charge in [-0.25, -0.2) is 4.79 Å².